The maximum absolute atomic E-state index is 13.0. The van der Waals surface area contributed by atoms with E-state index < -0.39 is 17.8 Å². The predicted molar refractivity (Wildman–Crippen MR) is 91.1 cm³/mol. The smallest absolute Gasteiger partial charge is 0.393 e. The zero-order chi connectivity index (χ0) is 17.9. The van der Waals surface area contributed by atoms with E-state index in [1.807, 2.05) is 18.2 Å². The third-order valence-electron chi connectivity index (χ3n) is 4.81. The molecule has 1 aliphatic rings. The average molecular weight is 349 g/mol. The molecule has 1 fully saturated rings. The summed E-state index contributed by atoms with van der Waals surface area (Å²) in [7, 11) is 0. The molecule has 1 N–H and O–H groups in total. The topological polar surface area (TPSA) is 23.5 Å². The minimum atomic E-state index is -4.35. The summed E-state index contributed by atoms with van der Waals surface area (Å²) in [6.45, 7) is 1.45. The van der Waals surface area contributed by atoms with Crippen LogP contribution in [0.15, 0.2) is 54.6 Å². The number of piperidine rings is 1. The van der Waals surface area contributed by atoms with Gasteiger partial charge in [0.25, 0.3) is 0 Å². The molecule has 0 spiro atoms. The molecule has 1 aliphatic heterocycles. The number of nitrogens with zero attached hydrogens (tertiary/aromatic N) is 1. The fraction of sp³-hybridized carbons (Fsp3) is 0.400. The predicted octanol–water partition coefficient (Wildman–Crippen LogP) is 4.45. The quantitative estimate of drug-likeness (QED) is 0.882. The summed E-state index contributed by atoms with van der Waals surface area (Å²) in [5, 5.41) is 10.0. The largest absolute Gasteiger partial charge is 0.416 e. The van der Waals surface area contributed by atoms with Crippen molar-refractivity contribution in [1.29, 1.82) is 0 Å². The highest BCUT2D eigenvalue weighted by Crippen LogP contribution is 2.35. The van der Waals surface area contributed by atoms with Gasteiger partial charge in [0.2, 0.25) is 0 Å². The molecule has 2 unspecified atom stereocenters. The second-order valence-electron chi connectivity index (χ2n) is 6.59. The standard InChI is InChI=1S/C20H22F3NO/c21-20(22,23)17-8-4-7-16(13-17)19-14-18(25)10-12-24(19)11-9-15-5-2-1-3-6-15/h1-8,13,18-19,25H,9-12,14H2. The van der Waals surface area contributed by atoms with Crippen molar-refractivity contribution in [2.24, 2.45) is 0 Å². The van der Waals surface area contributed by atoms with Crippen LogP contribution in [-0.4, -0.2) is 29.2 Å². The Morgan fingerprint density at radius 1 is 1.04 bits per heavy atom. The van der Waals surface area contributed by atoms with Crippen molar-refractivity contribution >= 4 is 0 Å². The van der Waals surface area contributed by atoms with E-state index in [2.05, 4.69) is 17.0 Å². The number of likely N-dealkylation sites (tertiary alicyclic amines) is 1. The van der Waals surface area contributed by atoms with E-state index in [4.69, 9.17) is 0 Å². The van der Waals surface area contributed by atoms with E-state index in [-0.39, 0.29) is 6.04 Å². The van der Waals surface area contributed by atoms with Crippen molar-refractivity contribution in [1.82, 2.24) is 4.90 Å². The van der Waals surface area contributed by atoms with Crippen molar-refractivity contribution < 1.29 is 18.3 Å². The molecular weight excluding hydrogens is 327 g/mol. The van der Waals surface area contributed by atoms with E-state index in [0.29, 0.717) is 24.9 Å². The number of benzene rings is 2. The minimum absolute atomic E-state index is 0.185. The van der Waals surface area contributed by atoms with Crippen LogP contribution in [0.25, 0.3) is 0 Å². The Morgan fingerprint density at radius 3 is 2.52 bits per heavy atom. The number of hydrogen-bond acceptors (Lipinski definition) is 2. The van der Waals surface area contributed by atoms with Crippen LogP contribution < -0.4 is 0 Å². The Labute approximate surface area is 145 Å². The van der Waals surface area contributed by atoms with Gasteiger partial charge in [-0.25, -0.2) is 0 Å². The second-order valence-corrected chi connectivity index (χ2v) is 6.59. The lowest BCUT2D eigenvalue weighted by Crippen LogP contribution is -2.40. The molecule has 0 bridgehead atoms. The van der Waals surface area contributed by atoms with Crippen LogP contribution in [0.5, 0.6) is 0 Å². The zero-order valence-electron chi connectivity index (χ0n) is 13.9. The zero-order valence-corrected chi connectivity index (χ0v) is 13.9. The van der Waals surface area contributed by atoms with Gasteiger partial charge in [0.1, 0.15) is 0 Å². The molecule has 0 amide bonds. The molecule has 1 heterocycles. The van der Waals surface area contributed by atoms with Gasteiger partial charge in [0, 0.05) is 19.1 Å². The molecule has 0 saturated carbocycles. The lowest BCUT2D eigenvalue weighted by Gasteiger charge is -2.38. The second kappa shape index (κ2) is 7.58. The van der Waals surface area contributed by atoms with E-state index >= 15 is 0 Å². The number of alkyl halides is 3. The molecule has 3 rings (SSSR count). The van der Waals surface area contributed by atoms with Gasteiger partial charge >= 0.3 is 6.18 Å². The highest BCUT2D eigenvalue weighted by Gasteiger charge is 2.33. The van der Waals surface area contributed by atoms with Gasteiger partial charge in [0.05, 0.1) is 11.7 Å². The maximum Gasteiger partial charge on any atom is 0.416 e. The van der Waals surface area contributed by atoms with Crippen molar-refractivity contribution in [2.45, 2.75) is 37.6 Å². The van der Waals surface area contributed by atoms with Gasteiger partial charge in [-0.1, -0.05) is 42.5 Å². The number of halogens is 3. The van der Waals surface area contributed by atoms with E-state index in [1.165, 1.54) is 17.7 Å². The third-order valence-corrected chi connectivity index (χ3v) is 4.81. The van der Waals surface area contributed by atoms with Gasteiger partial charge in [-0.2, -0.15) is 13.2 Å². The maximum atomic E-state index is 13.0. The van der Waals surface area contributed by atoms with Crippen molar-refractivity contribution in [3.8, 4) is 0 Å². The lowest BCUT2D eigenvalue weighted by molar-refractivity contribution is -0.137. The van der Waals surface area contributed by atoms with Crippen LogP contribution in [-0.2, 0) is 12.6 Å². The van der Waals surface area contributed by atoms with Gasteiger partial charge < -0.3 is 5.11 Å². The summed E-state index contributed by atoms with van der Waals surface area (Å²) in [4.78, 5) is 2.19. The first-order valence-electron chi connectivity index (χ1n) is 8.56. The fourth-order valence-electron chi connectivity index (χ4n) is 3.45. The Kier molecular flexibility index (Phi) is 5.45. The van der Waals surface area contributed by atoms with Crippen LogP contribution >= 0.6 is 0 Å². The van der Waals surface area contributed by atoms with Crippen molar-refractivity contribution in [2.75, 3.05) is 13.1 Å². The Morgan fingerprint density at radius 2 is 1.80 bits per heavy atom. The lowest BCUT2D eigenvalue weighted by atomic mass is 9.92. The molecule has 25 heavy (non-hydrogen) atoms. The fourth-order valence-corrected chi connectivity index (χ4v) is 3.45. The van der Waals surface area contributed by atoms with E-state index in [9.17, 15) is 18.3 Å². The molecule has 2 aromatic rings. The van der Waals surface area contributed by atoms with Gasteiger partial charge in [-0.3, -0.25) is 4.90 Å². The van der Waals surface area contributed by atoms with Gasteiger partial charge in [0.15, 0.2) is 0 Å². The van der Waals surface area contributed by atoms with E-state index in [0.717, 1.165) is 19.0 Å². The molecule has 134 valence electrons. The normalized spacial score (nSPS) is 22.1. The molecule has 0 aliphatic carbocycles. The summed E-state index contributed by atoms with van der Waals surface area (Å²) in [5.41, 5.74) is 1.20. The third kappa shape index (κ3) is 4.61. The molecule has 2 atom stereocenters. The average Bonchev–Trinajstić information content (AvgIpc) is 2.61. The van der Waals surface area contributed by atoms with Gasteiger partial charge in [-0.05, 0) is 42.5 Å². The SMILES string of the molecule is OC1CCN(CCc2ccccc2)C(c2cccc(C(F)(F)F)c2)C1. The summed E-state index contributed by atoms with van der Waals surface area (Å²) >= 11 is 0. The summed E-state index contributed by atoms with van der Waals surface area (Å²) in [5.74, 6) is 0. The van der Waals surface area contributed by atoms with Crippen LogP contribution in [0.1, 0.15) is 35.6 Å². The first kappa shape index (κ1) is 18.0. The molecule has 0 radical (unpaired) electrons. The Bertz CT molecular complexity index is 687. The number of rotatable bonds is 4. The summed E-state index contributed by atoms with van der Waals surface area (Å²) < 4.78 is 39.0. The highest BCUT2D eigenvalue weighted by molar-refractivity contribution is 5.28. The number of aliphatic hydroxyl groups excluding tert-OH is 1. The Balaban J connectivity index is 1.78. The summed E-state index contributed by atoms with van der Waals surface area (Å²) in [6.07, 6.45) is -2.85. The molecule has 0 aromatic heterocycles. The molecule has 2 aromatic carbocycles. The summed E-state index contributed by atoms with van der Waals surface area (Å²) in [6, 6.07) is 15.4. The Hall–Kier alpha value is -1.85. The van der Waals surface area contributed by atoms with Crippen molar-refractivity contribution in [3.05, 3.63) is 71.3 Å². The van der Waals surface area contributed by atoms with Crippen molar-refractivity contribution in [3.63, 3.8) is 0 Å². The van der Waals surface area contributed by atoms with Gasteiger partial charge in [-0.15, -0.1) is 0 Å². The molecule has 2 nitrogen and oxygen atoms in total. The van der Waals surface area contributed by atoms with Crippen LogP contribution in [0.3, 0.4) is 0 Å². The first-order valence-corrected chi connectivity index (χ1v) is 8.56. The van der Waals surface area contributed by atoms with E-state index in [1.54, 1.807) is 6.07 Å². The molecular formula is C20H22F3NO. The molecule has 1 saturated heterocycles. The monoisotopic (exact) mass is 349 g/mol. The first-order chi connectivity index (χ1) is 11.9. The number of aliphatic hydroxyl groups is 1. The van der Waals surface area contributed by atoms with Crippen LogP contribution in [0.4, 0.5) is 13.2 Å². The minimum Gasteiger partial charge on any atom is -0.393 e. The number of hydrogen-bond donors (Lipinski definition) is 1. The molecule has 5 heteroatoms. The van der Waals surface area contributed by atoms with Crippen LogP contribution in [0, 0.1) is 0 Å². The highest BCUT2D eigenvalue weighted by atomic mass is 19.4. The van der Waals surface area contributed by atoms with Crippen LogP contribution in [0.2, 0.25) is 0 Å².